The number of methoxy groups -OCH3 is 3. The smallest absolute Gasteiger partial charge is 0.315 e. The number of carboxylic acid groups (broad SMARTS) is 1. The van der Waals surface area contributed by atoms with E-state index in [1.165, 1.54) is 6.92 Å². The van der Waals surface area contributed by atoms with Gasteiger partial charge in [0, 0.05) is 18.7 Å². The average molecular weight is 337 g/mol. The first kappa shape index (κ1) is 17.9. The van der Waals surface area contributed by atoms with Crippen molar-refractivity contribution in [3.8, 4) is 17.2 Å². The molecule has 0 saturated carbocycles. The Morgan fingerprint density at radius 3 is 2.25 bits per heavy atom. The van der Waals surface area contributed by atoms with Crippen molar-refractivity contribution >= 4 is 11.9 Å². The first-order valence-electron chi connectivity index (χ1n) is 7.76. The maximum Gasteiger partial charge on any atom is 0.315 e. The van der Waals surface area contributed by atoms with Crippen LogP contribution >= 0.6 is 0 Å². The molecule has 132 valence electrons. The van der Waals surface area contributed by atoms with Crippen molar-refractivity contribution in [2.24, 2.45) is 5.92 Å². The number of carbonyl (C=O) groups is 2. The van der Waals surface area contributed by atoms with E-state index in [1.54, 1.807) is 26.2 Å². The zero-order valence-electron chi connectivity index (χ0n) is 14.4. The molecule has 7 nitrogen and oxygen atoms in total. The molecule has 0 radical (unpaired) electrons. The number of rotatable bonds is 5. The second kappa shape index (κ2) is 7.42. The van der Waals surface area contributed by atoms with Crippen LogP contribution in [-0.4, -0.2) is 56.3 Å². The summed E-state index contributed by atoms with van der Waals surface area (Å²) in [5, 5.41) is 9.05. The fraction of sp³-hybridized carbons (Fsp3) is 0.529. The van der Waals surface area contributed by atoms with E-state index in [0.717, 1.165) is 11.1 Å². The van der Waals surface area contributed by atoms with Gasteiger partial charge in [-0.15, -0.1) is 0 Å². The number of carboxylic acids is 1. The van der Waals surface area contributed by atoms with Gasteiger partial charge >= 0.3 is 5.97 Å². The molecule has 0 aromatic heterocycles. The fourth-order valence-corrected chi connectivity index (χ4v) is 2.98. The zero-order valence-corrected chi connectivity index (χ0v) is 14.4. The van der Waals surface area contributed by atoms with Crippen molar-refractivity contribution in [1.82, 2.24) is 4.90 Å². The second-order valence-corrected chi connectivity index (χ2v) is 5.67. The normalized spacial score (nSPS) is 15.1. The summed E-state index contributed by atoms with van der Waals surface area (Å²) in [5.74, 6) is -0.815. The lowest BCUT2D eigenvalue weighted by molar-refractivity contribution is -0.150. The van der Waals surface area contributed by atoms with Crippen LogP contribution in [0, 0.1) is 5.92 Å². The number of carbonyl (C=O) groups excluding carboxylic acids is 1. The van der Waals surface area contributed by atoms with Crippen molar-refractivity contribution in [3.05, 3.63) is 17.2 Å². The van der Waals surface area contributed by atoms with Gasteiger partial charge in [-0.05, 0) is 31.4 Å². The Hall–Kier alpha value is -2.44. The Morgan fingerprint density at radius 2 is 1.71 bits per heavy atom. The lowest BCUT2D eigenvalue weighted by Gasteiger charge is -2.22. The van der Waals surface area contributed by atoms with Gasteiger partial charge in [0.1, 0.15) is 5.92 Å². The van der Waals surface area contributed by atoms with E-state index in [1.807, 2.05) is 6.07 Å². The summed E-state index contributed by atoms with van der Waals surface area (Å²) in [7, 11) is 4.68. The summed E-state index contributed by atoms with van der Waals surface area (Å²) in [4.78, 5) is 25.0. The molecule has 2 rings (SSSR count). The van der Waals surface area contributed by atoms with Crippen molar-refractivity contribution in [3.63, 3.8) is 0 Å². The van der Waals surface area contributed by atoms with Crippen LogP contribution < -0.4 is 14.2 Å². The Balaban J connectivity index is 2.34. The highest BCUT2D eigenvalue weighted by molar-refractivity contribution is 5.96. The first-order chi connectivity index (χ1) is 11.4. The molecule has 1 aromatic carbocycles. The van der Waals surface area contributed by atoms with E-state index >= 15 is 0 Å². The molecule has 1 amide bonds. The third kappa shape index (κ3) is 3.25. The van der Waals surface area contributed by atoms with E-state index in [0.29, 0.717) is 43.2 Å². The number of nitrogens with zero attached hydrogens (tertiary/aromatic N) is 1. The molecule has 0 aliphatic carbocycles. The highest BCUT2D eigenvalue weighted by Crippen LogP contribution is 2.43. The molecule has 1 N–H and O–H groups in total. The van der Waals surface area contributed by atoms with E-state index in [4.69, 9.17) is 19.3 Å². The van der Waals surface area contributed by atoms with Crippen LogP contribution in [0.1, 0.15) is 18.1 Å². The largest absolute Gasteiger partial charge is 0.493 e. The molecule has 0 bridgehead atoms. The number of fused-ring (bicyclic) bond motifs is 1. The van der Waals surface area contributed by atoms with Gasteiger partial charge in [-0.1, -0.05) is 0 Å². The van der Waals surface area contributed by atoms with E-state index < -0.39 is 11.9 Å². The average Bonchev–Trinajstić information content (AvgIpc) is 2.80. The lowest BCUT2D eigenvalue weighted by atomic mass is 10.0. The molecule has 7 heteroatoms. The summed E-state index contributed by atoms with van der Waals surface area (Å²) < 4.78 is 16.3. The molecule has 1 heterocycles. The summed E-state index contributed by atoms with van der Waals surface area (Å²) >= 11 is 0. The third-order valence-corrected chi connectivity index (χ3v) is 4.36. The molecule has 0 saturated heterocycles. The Kier molecular flexibility index (Phi) is 5.54. The Labute approximate surface area is 141 Å². The maximum atomic E-state index is 12.3. The molecule has 0 spiro atoms. The third-order valence-electron chi connectivity index (χ3n) is 4.36. The van der Waals surface area contributed by atoms with Gasteiger partial charge in [-0.25, -0.2) is 0 Å². The summed E-state index contributed by atoms with van der Waals surface area (Å²) in [6, 6.07) is 1.89. The number of benzene rings is 1. The van der Waals surface area contributed by atoms with Gasteiger partial charge in [-0.2, -0.15) is 0 Å². The number of amides is 1. The van der Waals surface area contributed by atoms with Crippen LogP contribution in [-0.2, 0) is 22.4 Å². The quantitative estimate of drug-likeness (QED) is 0.817. The van der Waals surface area contributed by atoms with Crippen molar-refractivity contribution in [2.75, 3.05) is 34.4 Å². The number of aliphatic carboxylic acids is 1. The second-order valence-electron chi connectivity index (χ2n) is 5.67. The first-order valence-corrected chi connectivity index (χ1v) is 7.76. The van der Waals surface area contributed by atoms with Gasteiger partial charge in [0.15, 0.2) is 11.5 Å². The van der Waals surface area contributed by atoms with Crippen LogP contribution in [0.2, 0.25) is 0 Å². The van der Waals surface area contributed by atoms with Gasteiger partial charge < -0.3 is 24.2 Å². The number of hydrogen-bond donors (Lipinski definition) is 1. The predicted molar refractivity (Wildman–Crippen MR) is 86.9 cm³/mol. The molecule has 1 aromatic rings. The summed E-state index contributed by atoms with van der Waals surface area (Å²) in [5.41, 5.74) is 1.98. The Morgan fingerprint density at radius 1 is 1.08 bits per heavy atom. The maximum absolute atomic E-state index is 12.3. The van der Waals surface area contributed by atoms with E-state index in [9.17, 15) is 9.59 Å². The predicted octanol–water partition coefficient (Wildman–Crippen LogP) is 1.36. The molecular weight excluding hydrogens is 314 g/mol. The molecule has 0 fully saturated rings. The molecule has 1 aliphatic heterocycles. The highest BCUT2D eigenvalue weighted by atomic mass is 16.5. The molecule has 1 unspecified atom stereocenters. The highest BCUT2D eigenvalue weighted by Gasteiger charge is 2.29. The van der Waals surface area contributed by atoms with Gasteiger partial charge in [0.25, 0.3) is 0 Å². The molecule has 1 aliphatic rings. The minimum Gasteiger partial charge on any atom is -0.493 e. The van der Waals surface area contributed by atoms with Crippen LogP contribution in [0.5, 0.6) is 17.2 Å². The Bertz CT molecular complexity index is 642. The molecule has 24 heavy (non-hydrogen) atoms. The van der Waals surface area contributed by atoms with Gasteiger partial charge in [0.05, 0.1) is 21.3 Å². The van der Waals surface area contributed by atoms with Crippen LogP contribution in [0.3, 0.4) is 0 Å². The lowest BCUT2D eigenvalue weighted by Crippen LogP contribution is -2.39. The van der Waals surface area contributed by atoms with Crippen molar-refractivity contribution in [2.45, 2.75) is 19.8 Å². The van der Waals surface area contributed by atoms with Crippen LogP contribution in [0.4, 0.5) is 0 Å². The van der Waals surface area contributed by atoms with E-state index in [2.05, 4.69) is 0 Å². The molecule has 1 atom stereocenters. The van der Waals surface area contributed by atoms with E-state index in [-0.39, 0.29) is 5.91 Å². The number of hydrogen-bond acceptors (Lipinski definition) is 5. The van der Waals surface area contributed by atoms with Gasteiger partial charge in [0.2, 0.25) is 11.7 Å². The number of ether oxygens (including phenoxy) is 3. The monoisotopic (exact) mass is 337 g/mol. The molecular formula is C17H23NO6. The van der Waals surface area contributed by atoms with Crippen molar-refractivity contribution < 1.29 is 28.9 Å². The topological polar surface area (TPSA) is 85.3 Å². The summed E-state index contributed by atoms with van der Waals surface area (Å²) in [6.45, 7) is 2.31. The van der Waals surface area contributed by atoms with Crippen molar-refractivity contribution in [1.29, 1.82) is 0 Å². The minimum atomic E-state index is -1.11. The zero-order chi connectivity index (χ0) is 17.9. The SMILES string of the molecule is COc1cc2c(c(OC)c1OC)CCN(C(=O)C(C)C(=O)O)CC2. The minimum absolute atomic E-state index is 0.367. The standard InChI is InChI=1S/C17H23NO6/c1-10(17(20)21)16(19)18-7-5-11-9-13(22-2)15(24-4)14(23-3)12(11)6-8-18/h9-10H,5-8H2,1-4H3,(H,20,21). The van der Waals surface area contributed by atoms with Crippen LogP contribution in [0.25, 0.3) is 0 Å². The van der Waals surface area contributed by atoms with Crippen LogP contribution in [0.15, 0.2) is 6.07 Å². The van der Waals surface area contributed by atoms with Gasteiger partial charge in [-0.3, -0.25) is 9.59 Å². The fourth-order valence-electron chi connectivity index (χ4n) is 2.98. The summed E-state index contributed by atoms with van der Waals surface area (Å²) in [6.07, 6.45) is 1.17.